The van der Waals surface area contributed by atoms with E-state index in [2.05, 4.69) is 5.32 Å². The summed E-state index contributed by atoms with van der Waals surface area (Å²) in [6.45, 7) is 2.25. The molecule has 0 unspecified atom stereocenters. The summed E-state index contributed by atoms with van der Waals surface area (Å²) in [4.78, 5) is 22.3. The Hall–Kier alpha value is -1.53. The van der Waals surface area contributed by atoms with Crippen molar-refractivity contribution in [3.63, 3.8) is 0 Å². The first-order valence-electron chi connectivity index (χ1n) is 5.42. The highest BCUT2D eigenvalue weighted by Crippen LogP contribution is 2.41. The highest BCUT2D eigenvalue weighted by atomic mass is 35.5. The van der Waals surface area contributed by atoms with Crippen LogP contribution in [0.2, 0.25) is 10.0 Å². The van der Waals surface area contributed by atoms with Crippen LogP contribution in [-0.4, -0.2) is 24.5 Å². The Morgan fingerprint density at radius 2 is 2.11 bits per heavy atom. The number of nitrogens with zero attached hydrogens (tertiary/aromatic N) is 1. The van der Waals surface area contributed by atoms with Crippen molar-refractivity contribution in [2.75, 3.05) is 13.7 Å². The maximum Gasteiger partial charge on any atom is 0.326 e. The second-order valence-corrected chi connectivity index (χ2v) is 4.42. The van der Waals surface area contributed by atoms with Crippen molar-refractivity contribution in [1.29, 1.82) is 0 Å². The lowest BCUT2D eigenvalue weighted by molar-refractivity contribution is -0.386. The number of carbonyl (C=O) groups is 1. The number of carbonyl (C=O) groups excluding carboxylic acids is 1. The fourth-order valence-corrected chi connectivity index (χ4v) is 2.12. The van der Waals surface area contributed by atoms with Crippen LogP contribution in [0.1, 0.15) is 23.7 Å². The minimum Gasteiger partial charge on any atom is -0.489 e. The van der Waals surface area contributed by atoms with Crippen LogP contribution in [0.4, 0.5) is 5.69 Å². The van der Waals surface area contributed by atoms with Gasteiger partial charge in [-0.05, 0) is 12.5 Å². The molecule has 6 nitrogen and oxygen atoms in total. The average molecular weight is 307 g/mol. The molecule has 1 amide bonds. The van der Waals surface area contributed by atoms with Crippen LogP contribution in [0.3, 0.4) is 0 Å². The van der Waals surface area contributed by atoms with E-state index in [4.69, 9.17) is 27.9 Å². The van der Waals surface area contributed by atoms with E-state index < -0.39 is 16.5 Å². The Morgan fingerprint density at radius 1 is 1.47 bits per heavy atom. The molecule has 0 spiro atoms. The van der Waals surface area contributed by atoms with Crippen molar-refractivity contribution in [2.45, 2.75) is 13.3 Å². The largest absolute Gasteiger partial charge is 0.489 e. The van der Waals surface area contributed by atoms with Gasteiger partial charge in [0.25, 0.3) is 5.91 Å². The lowest BCUT2D eigenvalue weighted by Gasteiger charge is -2.10. The molecule has 1 aromatic carbocycles. The molecule has 0 aliphatic rings. The zero-order valence-electron chi connectivity index (χ0n) is 10.3. The van der Waals surface area contributed by atoms with E-state index in [9.17, 15) is 14.9 Å². The number of nitro benzene ring substituents is 1. The molecule has 1 aromatic rings. The number of nitrogens with one attached hydrogen (secondary N) is 1. The van der Waals surface area contributed by atoms with Gasteiger partial charge in [0, 0.05) is 6.54 Å². The number of ether oxygens (including phenoxy) is 1. The molecular formula is C11H12Cl2N2O4. The summed E-state index contributed by atoms with van der Waals surface area (Å²) in [6.07, 6.45) is 0.696. The van der Waals surface area contributed by atoms with Gasteiger partial charge in [-0.3, -0.25) is 14.9 Å². The molecule has 0 bridgehead atoms. The Morgan fingerprint density at radius 3 is 2.58 bits per heavy atom. The summed E-state index contributed by atoms with van der Waals surface area (Å²) in [5.41, 5.74) is -0.782. The minimum atomic E-state index is -0.739. The number of benzene rings is 1. The molecule has 0 saturated carbocycles. The van der Waals surface area contributed by atoms with E-state index in [1.54, 1.807) is 0 Å². The third-order valence-electron chi connectivity index (χ3n) is 2.31. The van der Waals surface area contributed by atoms with Crippen molar-refractivity contribution in [2.24, 2.45) is 0 Å². The number of methoxy groups -OCH3 is 1. The number of rotatable bonds is 5. The number of nitro groups is 1. The van der Waals surface area contributed by atoms with Crippen LogP contribution in [0.25, 0.3) is 0 Å². The monoisotopic (exact) mass is 306 g/mol. The van der Waals surface area contributed by atoms with Gasteiger partial charge in [-0.1, -0.05) is 30.1 Å². The molecule has 104 valence electrons. The van der Waals surface area contributed by atoms with E-state index in [0.29, 0.717) is 13.0 Å². The van der Waals surface area contributed by atoms with E-state index in [-0.39, 0.29) is 21.4 Å². The molecule has 0 heterocycles. The molecule has 8 heteroatoms. The second kappa shape index (κ2) is 6.58. The number of halogens is 2. The summed E-state index contributed by atoms with van der Waals surface area (Å²) in [5, 5.41) is 13.5. The molecule has 0 fully saturated rings. The Labute approximate surface area is 119 Å². The van der Waals surface area contributed by atoms with Gasteiger partial charge in [0.2, 0.25) is 5.75 Å². The first-order chi connectivity index (χ1) is 8.93. The predicted octanol–water partition coefficient (Wildman–Crippen LogP) is 3.05. The maximum absolute atomic E-state index is 11.9. The van der Waals surface area contributed by atoms with Crippen molar-refractivity contribution >= 4 is 34.8 Å². The molecule has 0 atom stereocenters. The van der Waals surface area contributed by atoms with Crippen LogP contribution in [-0.2, 0) is 0 Å². The number of amides is 1. The van der Waals surface area contributed by atoms with Crippen LogP contribution in [0.5, 0.6) is 5.75 Å². The molecule has 0 radical (unpaired) electrons. The Bertz CT molecular complexity index is 520. The SMILES string of the molecule is CCCNC(=O)c1c(Cl)cc(Cl)c(OC)c1[N+](=O)[O-]. The Balaban J connectivity index is 3.44. The summed E-state index contributed by atoms with van der Waals surface area (Å²) < 4.78 is 4.88. The zero-order chi connectivity index (χ0) is 14.6. The second-order valence-electron chi connectivity index (χ2n) is 3.61. The smallest absolute Gasteiger partial charge is 0.326 e. The third kappa shape index (κ3) is 3.27. The van der Waals surface area contributed by atoms with Gasteiger partial charge in [-0.2, -0.15) is 0 Å². The summed E-state index contributed by atoms with van der Waals surface area (Å²) in [7, 11) is 1.23. The lowest BCUT2D eigenvalue weighted by Crippen LogP contribution is -2.25. The van der Waals surface area contributed by atoms with E-state index in [1.165, 1.54) is 13.2 Å². The normalized spacial score (nSPS) is 10.1. The average Bonchev–Trinajstić information content (AvgIpc) is 2.34. The molecule has 1 rings (SSSR count). The van der Waals surface area contributed by atoms with Gasteiger partial charge < -0.3 is 10.1 Å². The van der Waals surface area contributed by atoms with Gasteiger partial charge in [0.1, 0.15) is 5.56 Å². The maximum atomic E-state index is 11.9. The highest BCUT2D eigenvalue weighted by Gasteiger charge is 2.31. The van der Waals surface area contributed by atoms with Crippen LogP contribution in [0.15, 0.2) is 6.07 Å². The molecule has 0 aliphatic heterocycles. The van der Waals surface area contributed by atoms with Gasteiger partial charge in [-0.15, -0.1) is 0 Å². The molecule has 19 heavy (non-hydrogen) atoms. The summed E-state index contributed by atoms with van der Waals surface area (Å²) >= 11 is 11.7. The standard InChI is InChI=1S/C11H12Cl2N2O4/c1-3-4-14-11(16)8-6(12)5-7(13)10(19-2)9(8)15(17)18/h5H,3-4H2,1-2H3,(H,14,16). The quantitative estimate of drug-likeness (QED) is 0.669. The number of hydrogen-bond acceptors (Lipinski definition) is 4. The Kier molecular flexibility index (Phi) is 5.38. The topological polar surface area (TPSA) is 81.5 Å². The van der Waals surface area contributed by atoms with E-state index in [0.717, 1.165) is 0 Å². The summed E-state index contributed by atoms with van der Waals surface area (Å²) in [5.74, 6) is -0.814. The fraction of sp³-hybridized carbons (Fsp3) is 0.364. The summed E-state index contributed by atoms with van der Waals surface area (Å²) in [6, 6.07) is 1.25. The molecule has 0 saturated heterocycles. The van der Waals surface area contributed by atoms with E-state index in [1.807, 2.05) is 6.92 Å². The van der Waals surface area contributed by atoms with E-state index >= 15 is 0 Å². The van der Waals surface area contributed by atoms with Crippen molar-refractivity contribution in [1.82, 2.24) is 5.32 Å². The minimum absolute atomic E-state index is 0.0220. The van der Waals surface area contributed by atoms with Crippen molar-refractivity contribution in [3.8, 4) is 5.75 Å². The predicted molar refractivity (Wildman–Crippen MR) is 72.3 cm³/mol. The fourth-order valence-electron chi connectivity index (χ4n) is 1.50. The van der Waals surface area contributed by atoms with Crippen LogP contribution >= 0.6 is 23.2 Å². The number of hydrogen-bond donors (Lipinski definition) is 1. The first-order valence-corrected chi connectivity index (χ1v) is 6.18. The van der Waals surface area contributed by atoms with Crippen molar-refractivity contribution < 1.29 is 14.5 Å². The third-order valence-corrected chi connectivity index (χ3v) is 2.89. The molecule has 0 aromatic heterocycles. The molecule has 0 aliphatic carbocycles. The zero-order valence-corrected chi connectivity index (χ0v) is 11.8. The first kappa shape index (κ1) is 15.5. The van der Waals surface area contributed by atoms with Crippen molar-refractivity contribution in [3.05, 3.63) is 31.8 Å². The lowest BCUT2D eigenvalue weighted by atomic mass is 10.1. The van der Waals surface area contributed by atoms with Gasteiger partial charge >= 0.3 is 5.69 Å². The van der Waals surface area contributed by atoms with Crippen LogP contribution in [0, 0.1) is 10.1 Å². The van der Waals surface area contributed by atoms with Gasteiger partial charge in [-0.25, -0.2) is 0 Å². The molecule has 1 N–H and O–H groups in total. The van der Waals surface area contributed by atoms with Crippen LogP contribution < -0.4 is 10.1 Å². The van der Waals surface area contributed by atoms with Gasteiger partial charge in [0.05, 0.1) is 22.1 Å². The molecular weight excluding hydrogens is 295 g/mol. The highest BCUT2D eigenvalue weighted by molar-refractivity contribution is 6.38. The van der Waals surface area contributed by atoms with Gasteiger partial charge in [0.15, 0.2) is 0 Å².